The average molecular weight is 519 g/mol. The predicted molar refractivity (Wildman–Crippen MR) is 155 cm³/mol. The van der Waals surface area contributed by atoms with Crippen molar-refractivity contribution in [2.45, 2.75) is 39.2 Å². The molecule has 0 radical (unpaired) electrons. The van der Waals surface area contributed by atoms with Crippen LogP contribution >= 0.6 is 0 Å². The van der Waals surface area contributed by atoms with Crippen molar-refractivity contribution in [3.8, 4) is 17.0 Å². The van der Waals surface area contributed by atoms with Crippen molar-refractivity contribution in [3.05, 3.63) is 120 Å². The summed E-state index contributed by atoms with van der Waals surface area (Å²) in [6.45, 7) is 7.42. The van der Waals surface area contributed by atoms with E-state index < -0.39 is 0 Å². The zero-order chi connectivity index (χ0) is 27.4. The van der Waals surface area contributed by atoms with E-state index in [1.165, 1.54) is 5.56 Å². The van der Waals surface area contributed by atoms with E-state index in [9.17, 15) is 4.79 Å². The third-order valence-corrected chi connectivity index (χ3v) is 6.82. The number of nitrogens with zero attached hydrogens (tertiary/aromatic N) is 4. The van der Waals surface area contributed by atoms with Crippen LogP contribution in [0.3, 0.4) is 0 Å². The molecular formula is C33H34N4O2. The Bertz CT molecular complexity index is 1550. The lowest BCUT2D eigenvalue weighted by Gasteiger charge is -2.24. The molecule has 2 heterocycles. The van der Waals surface area contributed by atoms with Gasteiger partial charge in [0.05, 0.1) is 18.5 Å². The monoisotopic (exact) mass is 518 g/mol. The molecule has 1 amide bonds. The number of amides is 1. The molecule has 0 N–H and O–H groups in total. The van der Waals surface area contributed by atoms with Gasteiger partial charge in [0.25, 0.3) is 5.91 Å². The molecule has 6 nitrogen and oxygen atoms in total. The lowest BCUT2D eigenvalue weighted by atomic mass is 9.93. The number of carbonyl (C=O) groups is 1. The van der Waals surface area contributed by atoms with Crippen LogP contribution in [0.25, 0.3) is 16.9 Å². The second-order valence-electron chi connectivity index (χ2n) is 10.8. The topological polar surface area (TPSA) is 59.7 Å². The van der Waals surface area contributed by atoms with Crippen molar-refractivity contribution in [2.75, 3.05) is 13.7 Å². The molecule has 0 aliphatic heterocycles. The minimum atomic E-state index is -0.189. The van der Waals surface area contributed by atoms with Crippen LogP contribution in [0, 0.1) is 0 Å². The number of hydrogen-bond acceptors (Lipinski definition) is 4. The van der Waals surface area contributed by atoms with Crippen LogP contribution < -0.4 is 4.74 Å². The van der Waals surface area contributed by atoms with Gasteiger partial charge in [0.15, 0.2) is 5.65 Å². The Morgan fingerprint density at radius 2 is 1.51 bits per heavy atom. The molecule has 39 heavy (non-hydrogen) atoms. The first-order valence-corrected chi connectivity index (χ1v) is 13.2. The molecule has 5 aromatic rings. The van der Waals surface area contributed by atoms with E-state index >= 15 is 0 Å². The maximum atomic E-state index is 14.3. The van der Waals surface area contributed by atoms with Crippen molar-refractivity contribution in [2.24, 2.45) is 0 Å². The smallest absolute Gasteiger partial charge is 0.272 e. The summed E-state index contributed by atoms with van der Waals surface area (Å²) in [6.07, 6.45) is 0.755. The number of ether oxygens (including phenoxy) is 1. The van der Waals surface area contributed by atoms with E-state index in [4.69, 9.17) is 14.8 Å². The van der Waals surface area contributed by atoms with Gasteiger partial charge in [0.1, 0.15) is 11.4 Å². The number of carbonyl (C=O) groups excluding carboxylic acids is 1. The summed E-state index contributed by atoms with van der Waals surface area (Å²) in [6, 6.07) is 32.0. The molecular weight excluding hydrogens is 484 g/mol. The van der Waals surface area contributed by atoms with E-state index in [0.29, 0.717) is 24.4 Å². The molecule has 198 valence electrons. The number of hydrogen-bond donors (Lipinski definition) is 0. The molecule has 0 unspecified atom stereocenters. The summed E-state index contributed by atoms with van der Waals surface area (Å²) in [5.74, 6) is 0.686. The van der Waals surface area contributed by atoms with Gasteiger partial charge in [-0.05, 0) is 47.9 Å². The first-order chi connectivity index (χ1) is 18.8. The number of fused-ring (bicyclic) bond motifs is 1. The number of aromatic nitrogens is 3. The van der Waals surface area contributed by atoms with Gasteiger partial charge in [-0.1, -0.05) is 81.4 Å². The quantitative estimate of drug-likeness (QED) is 0.233. The Kier molecular flexibility index (Phi) is 7.46. The molecule has 6 heteroatoms. The third kappa shape index (κ3) is 6.01. The highest BCUT2D eigenvalue weighted by Gasteiger charge is 2.25. The first-order valence-electron chi connectivity index (χ1n) is 13.2. The van der Waals surface area contributed by atoms with Gasteiger partial charge < -0.3 is 9.64 Å². The van der Waals surface area contributed by atoms with Crippen LogP contribution in [0.2, 0.25) is 0 Å². The van der Waals surface area contributed by atoms with Crippen molar-refractivity contribution >= 4 is 11.6 Å². The van der Waals surface area contributed by atoms with Gasteiger partial charge in [-0.2, -0.15) is 5.10 Å². The van der Waals surface area contributed by atoms with E-state index in [1.54, 1.807) is 11.6 Å². The normalized spacial score (nSPS) is 11.5. The van der Waals surface area contributed by atoms with Crippen LogP contribution in [0.15, 0.2) is 97.1 Å². The van der Waals surface area contributed by atoms with E-state index in [-0.39, 0.29) is 11.3 Å². The lowest BCUT2D eigenvalue weighted by molar-refractivity contribution is 0.0736. The molecule has 0 saturated carbocycles. The fraction of sp³-hybridized carbons (Fsp3) is 0.242. The van der Waals surface area contributed by atoms with Crippen LogP contribution in [0.4, 0.5) is 0 Å². The minimum absolute atomic E-state index is 0.0829. The SMILES string of the molecule is COc1ccc(-c2cc(C(=O)N(CCc3ccccc3)Cc3ccccc3)n3nc(C(C)(C)C)cc3n2)cc1. The highest BCUT2D eigenvalue weighted by molar-refractivity contribution is 5.94. The fourth-order valence-corrected chi connectivity index (χ4v) is 4.53. The Labute approximate surface area is 229 Å². The highest BCUT2D eigenvalue weighted by Crippen LogP contribution is 2.27. The van der Waals surface area contributed by atoms with Gasteiger partial charge in [0.2, 0.25) is 0 Å². The van der Waals surface area contributed by atoms with Crippen molar-refractivity contribution in [1.29, 1.82) is 0 Å². The van der Waals surface area contributed by atoms with Crippen molar-refractivity contribution in [3.63, 3.8) is 0 Å². The molecule has 0 aliphatic carbocycles. The summed E-state index contributed by atoms with van der Waals surface area (Å²) < 4.78 is 7.04. The second-order valence-corrected chi connectivity index (χ2v) is 10.8. The summed E-state index contributed by atoms with van der Waals surface area (Å²) >= 11 is 0. The third-order valence-electron chi connectivity index (χ3n) is 6.82. The van der Waals surface area contributed by atoms with Crippen LogP contribution in [-0.2, 0) is 18.4 Å². The van der Waals surface area contributed by atoms with E-state index in [0.717, 1.165) is 34.7 Å². The van der Waals surface area contributed by atoms with Gasteiger partial charge in [0, 0.05) is 30.1 Å². The summed E-state index contributed by atoms with van der Waals surface area (Å²) in [4.78, 5) is 21.2. The summed E-state index contributed by atoms with van der Waals surface area (Å²) in [5, 5.41) is 4.86. The zero-order valence-corrected chi connectivity index (χ0v) is 23.0. The van der Waals surface area contributed by atoms with Crippen LogP contribution in [0.1, 0.15) is 48.1 Å². The molecule has 0 aliphatic rings. The average Bonchev–Trinajstić information content (AvgIpc) is 3.41. The minimum Gasteiger partial charge on any atom is -0.497 e. The molecule has 5 rings (SSSR count). The zero-order valence-electron chi connectivity index (χ0n) is 23.0. The fourth-order valence-electron chi connectivity index (χ4n) is 4.53. The van der Waals surface area contributed by atoms with Crippen molar-refractivity contribution in [1.82, 2.24) is 19.5 Å². The predicted octanol–water partition coefficient (Wildman–Crippen LogP) is 6.59. The molecule has 0 fully saturated rings. The van der Waals surface area contributed by atoms with Gasteiger partial charge in [-0.3, -0.25) is 4.79 Å². The highest BCUT2D eigenvalue weighted by atomic mass is 16.5. The second kappa shape index (κ2) is 11.1. The lowest BCUT2D eigenvalue weighted by Crippen LogP contribution is -2.34. The summed E-state index contributed by atoms with van der Waals surface area (Å²) in [7, 11) is 1.65. The number of methoxy groups -OCH3 is 1. The Hall–Kier alpha value is -4.45. The van der Waals surface area contributed by atoms with E-state index in [2.05, 4.69) is 45.0 Å². The number of rotatable bonds is 8. The molecule has 2 aromatic heterocycles. The Morgan fingerprint density at radius 3 is 2.13 bits per heavy atom. The molecule has 3 aromatic carbocycles. The van der Waals surface area contributed by atoms with Gasteiger partial charge in [-0.25, -0.2) is 9.50 Å². The number of benzene rings is 3. The van der Waals surface area contributed by atoms with E-state index in [1.807, 2.05) is 77.7 Å². The maximum absolute atomic E-state index is 14.3. The summed E-state index contributed by atoms with van der Waals surface area (Å²) in [5.41, 5.74) is 5.73. The molecule has 0 bridgehead atoms. The van der Waals surface area contributed by atoms with Gasteiger partial charge >= 0.3 is 0 Å². The van der Waals surface area contributed by atoms with Crippen LogP contribution in [-0.4, -0.2) is 39.1 Å². The largest absolute Gasteiger partial charge is 0.497 e. The molecule has 0 atom stereocenters. The maximum Gasteiger partial charge on any atom is 0.272 e. The van der Waals surface area contributed by atoms with Crippen molar-refractivity contribution < 1.29 is 9.53 Å². The van der Waals surface area contributed by atoms with Crippen LogP contribution in [0.5, 0.6) is 5.75 Å². The Balaban J connectivity index is 1.59. The standard InChI is InChI=1S/C33H34N4O2/c1-33(2,3)30-22-31-34-28(26-15-17-27(39-4)18-16-26)21-29(37(31)35-30)32(38)36(23-25-13-9-6-10-14-25)20-19-24-11-7-5-8-12-24/h5-18,21-22H,19-20,23H2,1-4H3. The molecule has 0 spiro atoms. The first kappa shape index (κ1) is 26.2. The van der Waals surface area contributed by atoms with Gasteiger partial charge in [-0.15, -0.1) is 0 Å². The Morgan fingerprint density at radius 1 is 0.872 bits per heavy atom. The molecule has 0 saturated heterocycles.